The van der Waals surface area contributed by atoms with Crippen LogP contribution in [0.3, 0.4) is 0 Å². The molecule has 0 heterocycles. The molecule has 6 heteroatoms. The largest absolute Gasteiger partial charge is 0.330 e. The zero-order valence-corrected chi connectivity index (χ0v) is 16.8. The summed E-state index contributed by atoms with van der Waals surface area (Å²) in [6.45, 7) is 8.63. The molecule has 2 aliphatic carbocycles. The third kappa shape index (κ3) is 13.6. The fourth-order valence-electron chi connectivity index (χ4n) is 3.19. The quantitative estimate of drug-likeness (QED) is 0.500. The number of hydrogen-bond acceptors (Lipinski definition) is 6. The molecule has 2 fully saturated rings. The number of hydrogen-bond donors (Lipinski definition) is 5. The van der Waals surface area contributed by atoms with Gasteiger partial charge in [0.05, 0.1) is 0 Å². The van der Waals surface area contributed by atoms with E-state index in [-0.39, 0.29) is 12.1 Å². The van der Waals surface area contributed by atoms with Crippen LogP contribution in [0.4, 0.5) is 0 Å². The standard InChI is InChI=1S/C7H18N2.2C6H14N2/c1-3-9(4-2)7-5-6-8;7-5-1-2-6(8)4-3-5;7-5-3-1-2-4-6(5)8/h3-8H2,1-2H3;2*5-6H,1-4,7-8H2. The second-order valence-electron chi connectivity index (χ2n) is 7.46. The lowest BCUT2D eigenvalue weighted by Gasteiger charge is -2.24. The first kappa shape index (κ1) is 24.8. The molecule has 0 amide bonds. The van der Waals surface area contributed by atoms with Crippen LogP contribution in [-0.2, 0) is 0 Å². The van der Waals surface area contributed by atoms with Gasteiger partial charge in [0, 0.05) is 24.2 Å². The molecule has 25 heavy (non-hydrogen) atoms. The molecule has 0 aromatic heterocycles. The predicted molar refractivity (Wildman–Crippen MR) is 110 cm³/mol. The average Bonchev–Trinajstić information content (AvgIpc) is 2.62. The van der Waals surface area contributed by atoms with E-state index in [9.17, 15) is 0 Å². The Morgan fingerprint density at radius 2 is 1.12 bits per heavy atom. The lowest BCUT2D eigenvalue weighted by molar-refractivity contribution is 0.302. The van der Waals surface area contributed by atoms with Crippen LogP contribution in [0.15, 0.2) is 0 Å². The number of nitrogens with two attached hydrogens (primary N) is 5. The van der Waals surface area contributed by atoms with Crippen LogP contribution >= 0.6 is 0 Å². The van der Waals surface area contributed by atoms with Crippen molar-refractivity contribution in [2.75, 3.05) is 26.2 Å². The van der Waals surface area contributed by atoms with E-state index in [4.69, 9.17) is 28.7 Å². The topological polar surface area (TPSA) is 133 Å². The normalized spacial score (nSPS) is 29.3. The van der Waals surface area contributed by atoms with Crippen molar-refractivity contribution in [1.82, 2.24) is 4.90 Å². The Labute approximate surface area is 156 Å². The van der Waals surface area contributed by atoms with E-state index in [1.54, 1.807) is 0 Å². The highest BCUT2D eigenvalue weighted by Crippen LogP contribution is 2.15. The molecule has 0 aliphatic heterocycles. The summed E-state index contributed by atoms with van der Waals surface area (Å²) in [5, 5.41) is 0. The van der Waals surface area contributed by atoms with Crippen LogP contribution in [0.5, 0.6) is 0 Å². The number of nitrogens with zero attached hydrogens (tertiary/aromatic N) is 1. The monoisotopic (exact) mass is 358 g/mol. The maximum atomic E-state index is 5.65. The van der Waals surface area contributed by atoms with Gasteiger partial charge in [0.2, 0.25) is 0 Å². The fraction of sp³-hybridized carbons (Fsp3) is 1.00. The third-order valence-corrected chi connectivity index (χ3v) is 5.26. The van der Waals surface area contributed by atoms with Crippen molar-refractivity contribution < 1.29 is 0 Å². The van der Waals surface area contributed by atoms with E-state index >= 15 is 0 Å². The van der Waals surface area contributed by atoms with E-state index in [1.807, 2.05) is 0 Å². The first-order chi connectivity index (χ1) is 11.9. The Balaban J connectivity index is 0.000000346. The van der Waals surface area contributed by atoms with Gasteiger partial charge in [-0.25, -0.2) is 0 Å². The molecule has 0 saturated heterocycles. The van der Waals surface area contributed by atoms with Crippen LogP contribution in [0, 0.1) is 0 Å². The third-order valence-electron chi connectivity index (χ3n) is 5.26. The summed E-state index contributed by atoms with van der Waals surface area (Å²) in [6, 6.07) is 1.44. The fourth-order valence-corrected chi connectivity index (χ4v) is 3.19. The van der Waals surface area contributed by atoms with Gasteiger partial charge in [-0.2, -0.15) is 0 Å². The van der Waals surface area contributed by atoms with Crippen molar-refractivity contribution in [3.05, 3.63) is 0 Å². The van der Waals surface area contributed by atoms with Crippen molar-refractivity contribution in [3.8, 4) is 0 Å². The molecule has 10 N–H and O–H groups in total. The smallest absolute Gasteiger partial charge is 0.0192 e. The second kappa shape index (κ2) is 16.0. The van der Waals surface area contributed by atoms with E-state index in [1.165, 1.54) is 12.8 Å². The van der Waals surface area contributed by atoms with Gasteiger partial charge in [0.1, 0.15) is 0 Å². The maximum absolute atomic E-state index is 5.65. The van der Waals surface area contributed by atoms with Gasteiger partial charge < -0.3 is 33.6 Å². The summed E-state index contributed by atoms with van der Waals surface area (Å²) in [4.78, 5) is 2.38. The van der Waals surface area contributed by atoms with Gasteiger partial charge in [-0.05, 0) is 71.1 Å². The molecule has 2 atom stereocenters. The summed E-state index contributed by atoms with van der Waals surface area (Å²) in [7, 11) is 0. The van der Waals surface area contributed by atoms with Crippen LogP contribution in [0.2, 0.25) is 0 Å². The first-order valence-electron chi connectivity index (χ1n) is 10.4. The Bertz CT molecular complexity index is 257. The van der Waals surface area contributed by atoms with Gasteiger partial charge >= 0.3 is 0 Å². The molecule has 2 saturated carbocycles. The van der Waals surface area contributed by atoms with Gasteiger partial charge in [-0.3, -0.25) is 0 Å². The molecular weight excluding hydrogens is 312 g/mol. The Hall–Kier alpha value is -0.240. The Kier molecular flexibility index (Phi) is 15.8. The van der Waals surface area contributed by atoms with E-state index in [2.05, 4.69) is 18.7 Å². The highest BCUT2D eigenvalue weighted by molar-refractivity contribution is 4.79. The lowest BCUT2D eigenvalue weighted by atomic mass is 9.92. The SMILES string of the molecule is CCN(CC)CCCN.NC1CCC(N)CC1.NC1CCCCC1N. The molecule has 6 nitrogen and oxygen atoms in total. The van der Waals surface area contributed by atoms with Crippen LogP contribution in [0.1, 0.15) is 71.6 Å². The molecule has 2 unspecified atom stereocenters. The van der Waals surface area contributed by atoms with E-state index in [0.717, 1.165) is 71.1 Å². The summed E-state index contributed by atoms with van der Waals surface area (Å²) in [5.41, 5.74) is 27.9. The maximum Gasteiger partial charge on any atom is 0.0192 e. The second-order valence-corrected chi connectivity index (χ2v) is 7.46. The average molecular weight is 359 g/mol. The van der Waals surface area contributed by atoms with Crippen molar-refractivity contribution >= 4 is 0 Å². The van der Waals surface area contributed by atoms with E-state index < -0.39 is 0 Å². The molecule has 0 aromatic rings. The van der Waals surface area contributed by atoms with Crippen molar-refractivity contribution in [3.63, 3.8) is 0 Å². The van der Waals surface area contributed by atoms with Gasteiger partial charge in [0.15, 0.2) is 0 Å². The summed E-state index contributed by atoms with van der Waals surface area (Å²) in [6.07, 6.45) is 10.4. The molecule has 0 spiro atoms. The number of rotatable bonds is 5. The minimum Gasteiger partial charge on any atom is -0.330 e. The summed E-state index contributed by atoms with van der Waals surface area (Å²) in [5.74, 6) is 0. The van der Waals surface area contributed by atoms with E-state index in [0.29, 0.717) is 12.1 Å². The van der Waals surface area contributed by atoms with Crippen molar-refractivity contribution in [1.29, 1.82) is 0 Å². The predicted octanol–water partition coefficient (Wildman–Crippen LogP) is 1.11. The molecule has 2 rings (SSSR count). The zero-order chi connectivity index (χ0) is 19.1. The van der Waals surface area contributed by atoms with Gasteiger partial charge in [0.25, 0.3) is 0 Å². The molecule has 152 valence electrons. The minimum atomic E-state index is 0.281. The first-order valence-corrected chi connectivity index (χ1v) is 10.4. The van der Waals surface area contributed by atoms with Crippen molar-refractivity contribution in [2.24, 2.45) is 28.7 Å². The Morgan fingerprint density at radius 1 is 0.720 bits per heavy atom. The molecule has 0 aromatic carbocycles. The molecule has 0 bridgehead atoms. The van der Waals surface area contributed by atoms with Gasteiger partial charge in [-0.1, -0.05) is 26.7 Å². The highest BCUT2D eigenvalue weighted by Gasteiger charge is 2.16. The van der Waals surface area contributed by atoms with Crippen molar-refractivity contribution in [2.45, 2.75) is 95.8 Å². The van der Waals surface area contributed by atoms with Crippen LogP contribution in [-0.4, -0.2) is 55.2 Å². The Morgan fingerprint density at radius 3 is 1.40 bits per heavy atom. The van der Waals surface area contributed by atoms with Gasteiger partial charge in [-0.15, -0.1) is 0 Å². The molecule has 0 radical (unpaired) electrons. The zero-order valence-electron chi connectivity index (χ0n) is 16.8. The minimum absolute atomic E-state index is 0.281. The molecular formula is C19H46N6. The van der Waals surface area contributed by atoms with Crippen LogP contribution < -0.4 is 28.7 Å². The molecule has 2 aliphatic rings. The summed E-state index contributed by atoms with van der Waals surface area (Å²) >= 11 is 0. The lowest BCUT2D eigenvalue weighted by Crippen LogP contribution is -2.43. The summed E-state index contributed by atoms with van der Waals surface area (Å²) < 4.78 is 0. The highest BCUT2D eigenvalue weighted by atomic mass is 15.1. The van der Waals surface area contributed by atoms with Crippen LogP contribution in [0.25, 0.3) is 0 Å².